The summed E-state index contributed by atoms with van der Waals surface area (Å²) in [4.78, 5) is 0. The molecule has 0 aromatic heterocycles. The van der Waals surface area contributed by atoms with Gasteiger partial charge in [-0.2, -0.15) is 13.2 Å². The van der Waals surface area contributed by atoms with Crippen LogP contribution in [0.2, 0.25) is 0 Å². The standard InChI is InChI=1S/C10H21F3N2/c1-8(7-10(11,12)13)15-6-4-5-9(2,3)14/h8,15H,4-7,14H2,1-3H3. The van der Waals surface area contributed by atoms with Crippen LogP contribution in [0.15, 0.2) is 0 Å². The maximum atomic E-state index is 11.9. The number of hydrogen-bond acceptors (Lipinski definition) is 2. The highest BCUT2D eigenvalue weighted by Crippen LogP contribution is 2.21. The highest BCUT2D eigenvalue weighted by atomic mass is 19.4. The van der Waals surface area contributed by atoms with Crippen molar-refractivity contribution in [3.63, 3.8) is 0 Å². The normalized spacial score (nSPS) is 15.4. The molecule has 0 aromatic rings. The molecule has 0 amide bonds. The number of alkyl halides is 3. The highest BCUT2D eigenvalue weighted by molar-refractivity contribution is 4.72. The van der Waals surface area contributed by atoms with Crippen molar-refractivity contribution in [3.8, 4) is 0 Å². The molecule has 5 heteroatoms. The van der Waals surface area contributed by atoms with Crippen LogP contribution >= 0.6 is 0 Å². The van der Waals surface area contributed by atoms with Gasteiger partial charge >= 0.3 is 6.18 Å². The molecular formula is C10H21F3N2. The Morgan fingerprint density at radius 1 is 1.27 bits per heavy atom. The van der Waals surface area contributed by atoms with Crippen LogP contribution in [0.25, 0.3) is 0 Å². The minimum absolute atomic E-state index is 0.241. The number of hydrogen-bond donors (Lipinski definition) is 2. The summed E-state index contributed by atoms with van der Waals surface area (Å²) in [6.07, 6.45) is -3.26. The van der Waals surface area contributed by atoms with Crippen LogP contribution in [0, 0.1) is 0 Å². The van der Waals surface area contributed by atoms with E-state index in [0.717, 1.165) is 12.8 Å². The molecule has 2 nitrogen and oxygen atoms in total. The molecule has 0 spiro atoms. The van der Waals surface area contributed by atoms with Crippen molar-refractivity contribution in [3.05, 3.63) is 0 Å². The van der Waals surface area contributed by atoms with Crippen molar-refractivity contribution in [1.82, 2.24) is 5.32 Å². The third-order valence-corrected chi connectivity index (χ3v) is 2.03. The highest BCUT2D eigenvalue weighted by Gasteiger charge is 2.29. The molecule has 0 aliphatic rings. The van der Waals surface area contributed by atoms with Gasteiger partial charge in [0.25, 0.3) is 0 Å². The first kappa shape index (κ1) is 14.7. The second-order valence-corrected chi connectivity index (χ2v) is 4.77. The molecule has 92 valence electrons. The zero-order valence-corrected chi connectivity index (χ0v) is 9.62. The molecule has 3 N–H and O–H groups in total. The van der Waals surface area contributed by atoms with Gasteiger partial charge in [-0.05, 0) is 40.2 Å². The van der Waals surface area contributed by atoms with Crippen LogP contribution in [0.4, 0.5) is 13.2 Å². The van der Waals surface area contributed by atoms with Gasteiger partial charge in [-0.1, -0.05) is 0 Å². The van der Waals surface area contributed by atoms with Gasteiger partial charge in [-0.3, -0.25) is 0 Å². The molecule has 0 aromatic carbocycles. The summed E-state index contributed by atoms with van der Waals surface area (Å²) in [6.45, 7) is 5.94. The van der Waals surface area contributed by atoms with Crippen molar-refractivity contribution in [1.29, 1.82) is 0 Å². The molecule has 15 heavy (non-hydrogen) atoms. The Hall–Kier alpha value is -0.290. The van der Waals surface area contributed by atoms with E-state index in [1.807, 2.05) is 13.8 Å². The van der Waals surface area contributed by atoms with Gasteiger partial charge in [0.2, 0.25) is 0 Å². The molecule has 0 saturated heterocycles. The lowest BCUT2D eigenvalue weighted by molar-refractivity contribution is -0.139. The van der Waals surface area contributed by atoms with Gasteiger partial charge in [0.1, 0.15) is 0 Å². The topological polar surface area (TPSA) is 38.0 Å². The second-order valence-electron chi connectivity index (χ2n) is 4.77. The minimum atomic E-state index is -4.08. The van der Waals surface area contributed by atoms with E-state index in [-0.39, 0.29) is 5.54 Å². The van der Waals surface area contributed by atoms with Crippen molar-refractivity contribution < 1.29 is 13.2 Å². The summed E-state index contributed by atoms with van der Waals surface area (Å²) in [7, 11) is 0. The average Bonchev–Trinajstić information content (AvgIpc) is 1.92. The Labute approximate surface area is 89.4 Å². The van der Waals surface area contributed by atoms with Gasteiger partial charge < -0.3 is 11.1 Å². The molecule has 0 saturated carbocycles. The number of halogens is 3. The summed E-state index contributed by atoms with van der Waals surface area (Å²) < 4.78 is 35.8. The van der Waals surface area contributed by atoms with Gasteiger partial charge in [-0.25, -0.2) is 0 Å². The quantitative estimate of drug-likeness (QED) is 0.683. The molecule has 0 rings (SSSR count). The van der Waals surface area contributed by atoms with Crippen LogP contribution in [0.3, 0.4) is 0 Å². The van der Waals surface area contributed by atoms with Crippen LogP contribution in [-0.2, 0) is 0 Å². The predicted octanol–water partition coefficient (Wildman–Crippen LogP) is 2.43. The molecule has 0 bridgehead atoms. The molecular weight excluding hydrogens is 205 g/mol. The lowest BCUT2D eigenvalue weighted by Gasteiger charge is -2.20. The first-order valence-electron chi connectivity index (χ1n) is 5.19. The van der Waals surface area contributed by atoms with Crippen LogP contribution in [-0.4, -0.2) is 24.3 Å². The number of nitrogens with two attached hydrogens (primary N) is 1. The second kappa shape index (κ2) is 5.70. The molecule has 1 atom stereocenters. The average molecular weight is 226 g/mol. The fourth-order valence-electron chi connectivity index (χ4n) is 1.31. The number of rotatable bonds is 6. The summed E-state index contributed by atoms with van der Waals surface area (Å²) >= 11 is 0. The van der Waals surface area contributed by atoms with Gasteiger partial charge in [0.05, 0.1) is 6.42 Å². The Morgan fingerprint density at radius 3 is 2.20 bits per heavy atom. The van der Waals surface area contributed by atoms with Crippen molar-refractivity contribution in [2.24, 2.45) is 5.73 Å². The minimum Gasteiger partial charge on any atom is -0.326 e. The Kier molecular flexibility index (Phi) is 5.59. The van der Waals surface area contributed by atoms with E-state index in [1.54, 1.807) is 6.92 Å². The van der Waals surface area contributed by atoms with Crippen molar-refractivity contribution in [2.75, 3.05) is 6.54 Å². The van der Waals surface area contributed by atoms with E-state index in [9.17, 15) is 13.2 Å². The first-order chi connectivity index (χ1) is 6.60. The Morgan fingerprint density at radius 2 is 1.80 bits per heavy atom. The maximum absolute atomic E-state index is 11.9. The maximum Gasteiger partial charge on any atom is 0.390 e. The monoisotopic (exact) mass is 226 g/mol. The summed E-state index contributed by atoms with van der Waals surface area (Å²) in [5, 5.41) is 2.84. The molecule has 0 aliphatic carbocycles. The summed E-state index contributed by atoms with van der Waals surface area (Å²) in [5.41, 5.74) is 5.51. The molecule has 0 fully saturated rings. The van der Waals surface area contributed by atoms with Gasteiger partial charge in [0.15, 0.2) is 0 Å². The summed E-state index contributed by atoms with van der Waals surface area (Å²) in [5.74, 6) is 0. The zero-order chi connectivity index (χ0) is 12.1. The van der Waals surface area contributed by atoms with E-state index in [4.69, 9.17) is 5.73 Å². The van der Waals surface area contributed by atoms with Crippen LogP contribution in [0.5, 0.6) is 0 Å². The van der Waals surface area contributed by atoms with E-state index in [0.29, 0.717) is 6.54 Å². The molecule has 0 radical (unpaired) electrons. The van der Waals surface area contributed by atoms with E-state index >= 15 is 0 Å². The SMILES string of the molecule is CC(CC(F)(F)F)NCCCC(C)(C)N. The summed E-state index contributed by atoms with van der Waals surface area (Å²) in [6, 6.07) is -0.522. The van der Waals surface area contributed by atoms with Crippen molar-refractivity contribution >= 4 is 0 Å². The zero-order valence-electron chi connectivity index (χ0n) is 9.62. The fraction of sp³-hybridized carbons (Fsp3) is 1.00. The molecule has 1 unspecified atom stereocenters. The van der Waals surface area contributed by atoms with Crippen LogP contribution in [0.1, 0.15) is 40.0 Å². The van der Waals surface area contributed by atoms with E-state index < -0.39 is 18.6 Å². The third-order valence-electron chi connectivity index (χ3n) is 2.03. The number of nitrogens with one attached hydrogen (secondary N) is 1. The third kappa shape index (κ3) is 11.6. The Balaban J connectivity index is 3.52. The molecule has 0 heterocycles. The predicted molar refractivity (Wildman–Crippen MR) is 55.6 cm³/mol. The lowest BCUT2D eigenvalue weighted by Crippen LogP contribution is -2.35. The Bertz CT molecular complexity index is 172. The van der Waals surface area contributed by atoms with E-state index in [1.165, 1.54) is 0 Å². The van der Waals surface area contributed by atoms with E-state index in [2.05, 4.69) is 5.32 Å². The molecule has 0 aliphatic heterocycles. The van der Waals surface area contributed by atoms with Gasteiger partial charge in [0, 0.05) is 11.6 Å². The van der Waals surface area contributed by atoms with Crippen molar-refractivity contribution in [2.45, 2.75) is 57.8 Å². The lowest BCUT2D eigenvalue weighted by atomic mass is 10.0. The largest absolute Gasteiger partial charge is 0.390 e. The smallest absolute Gasteiger partial charge is 0.326 e. The fourth-order valence-corrected chi connectivity index (χ4v) is 1.31. The van der Waals surface area contributed by atoms with Crippen LogP contribution < -0.4 is 11.1 Å². The van der Waals surface area contributed by atoms with Gasteiger partial charge in [-0.15, -0.1) is 0 Å². The first-order valence-corrected chi connectivity index (χ1v) is 5.19.